The third-order valence-corrected chi connectivity index (χ3v) is 5.31. The van der Waals surface area contributed by atoms with Crippen molar-refractivity contribution in [2.24, 2.45) is 11.7 Å². The Bertz CT molecular complexity index is 698. The topological polar surface area (TPSA) is 64.2 Å². The minimum Gasteiger partial charge on any atom is -0.339 e. The lowest BCUT2D eigenvalue weighted by Crippen LogP contribution is -2.44. The van der Waals surface area contributed by atoms with E-state index in [-0.39, 0.29) is 11.4 Å². The Morgan fingerprint density at radius 1 is 1.17 bits per heavy atom. The van der Waals surface area contributed by atoms with Gasteiger partial charge in [-0.25, -0.2) is 4.68 Å². The summed E-state index contributed by atoms with van der Waals surface area (Å²) in [7, 11) is 0. The Labute approximate surface area is 136 Å². The molecule has 2 fully saturated rings. The van der Waals surface area contributed by atoms with Gasteiger partial charge in [-0.05, 0) is 49.8 Å². The number of aromatic nitrogens is 2. The Morgan fingerprint density at radius 3 is 2.57 bits per heavy atom. The summed E-state index contributed by atoms with van der Waals surface area (Å²) in [5.74, 6) is 0.671. The number of nitrogens with two attached hydrogens (primary N) is 1. The number of carbonyl (C=O) groups is 1. The van der Waals surface area contributed by atoms with E-state index in [0.29, 0.717) is 11.5 Å². The molecule has 1 saturated carbocycles. The summed E-state index contributed by atoms with van der Waals surface area (Å²) in [4.78, 5) is 14.9. The van der Waals surface area contributed by atoms with Crippen molar-refractivity contribution in [3.8, 4) is 5.69 Å². The highest BCUT2D eigenvalue weighted by molar-refractivity contribution is 5.97. The number of carbonyl (C=O) groups excluding carboxylic acids is 1. The van der Waals surface area contributed by atoms with E-state index in [1.54, 1.807) is 10.9 Å². The van der Waals surface area contributed by atoms with Crippen molar-refractivity contribution in [2.75, 3.05) is 13.1 Å². The lowest BCUT2D eigenvalue weighted by molar-refractivity contribution is 0.0672. The lowest BCUT2D eigenvalue weighted by atomic mass is 9.87. The molecule has 2 aromatic rings. The highest BCUT2D eigenvalue weighted by atomic mass is 16.2. The Hall–Kier alpha value is -2.14. The van der Waals surface area contributed by atoms with Crippen LogP contribution in [0.4, 0.5) is 0 Å². The standard InChI is InChI=1S/C18H22N4O/c19-18(8-9-18)14-6-12-21(13-7-14)17(23)15-4-1-2-5-16(15)22-11-3-10-20-22/h1-5,10-11,14H,6-9,12-13,19H2. The van der Waals surface area contributed by atoms with E-state index in [2.05, 4.69) is 5.10 Å². The van der Waals surface area contributed by atoms with Gasteiger partial charge in [-0.15, -0.1) is 0 Å². The first kappa shape index (κ1) is 14.5. The summed E-state index contributed by atoms with van der Waals surface area (Å²) in [6, 6.07) is 9.53. The van der Waals surface area contributed by atoms with Crippen molar-refractivity contribution < 1.29 is 4.79 Å². The second kappa shape index (κ2) is 5.49. The predicted octanol–water partition coefficient (Wildman–Crippen LogP) is 2.22. The second-order valence-corrected chi connectivity index (χ2v) is 6.77. The predicted molar refractivity (Wildman–Crippen MR) is 88.3 cm³/mol. The first-order chi connectivity index (χ1) is 11.2. The molecule has 120 valence electrons. The molecular weight excluding hydrogens is 288 g/mol. The molecule has 0 radical (unpaired) electrons. The Balaban J connectivity index is 1.52. The maximum absolute atomic E-state index is 12.9. The van der Waals surface area contributed by atoms with Gasteiger partial charge in [-0.1, -0.05) is 12.1 Å². The van der Waals surface area contributed by atoms with Crippen LogP contribution in [0, 0.1) is 5.92 Å². The van der Waals surface area contributed by atoms with Crippen LogP contribution in [0.5, 0.6) is 0 Å². The summed E-state index contributed by atoms with van der Waals surface area (Å²) in [5.41, 5.74) is 7.95. The number of likely N-dealkylation sites (tertiary alicyclic amines) is 1. The minimum atomic E-state index is 0.0715. The number of nitrogens with zero attached hydrogens (tertiary/aromatic N) is 3. The molecule has 1 aromatic carbocycles. The highest BCUT2D eigenvalue weighted by Gasteiger charge is 2.46. The van der Waals surface area contributed by atoms with Crippen molar-refractivity contribution in [2.45, 2.75) is 31.2 Å². The number of hydrogen-bond acceptors (Lipinski definition) is 3. The van der Waals surface area contributed by atoms with Gasteiger partial charge in [0.25, 0.3) is 5.91 Å². The van der Waals surface area contributed by atoms with Crippen LogP contribution in [0.2, 0.25) is 0 Å². The van der Waals surface area contributed by atoms with Gasteiger partial charge in [0.05, 0.1) is 11.3 Å². The molecular formula is C18H22N4O. The highest BCUT2D eigenvalue weighted by Crippen LogP contribution is 2.44. The average Bonchev–Trinajstić information content (AvgIpc) is 3.13. The van der Waals surface area contributed by atoms with Gasteiger partial charge in [0.1, 0.15) is 0 Å². The summed E-state index contributed by atoms with van der Waals surface area (Å²) in [5, 5.41) is 4.26. The van der Waals surface area contributed by atoms with Crippen LogP contribution in [-0.2, 0) is 0 Å². The molecule has 2 heterocycles. The van der Waals surface area contributed by atoms with Gasteiger partial charge >= 0.3 is 0 Å². The van der Waals surface area contributed by atoms with Gasteiger partial charge in [0.15, 0.2) is 0 Å². The molecule has 1 aromatic heterocycles. The van der Waals surface area contributed by atoms with E-state index < -0.39 is 0 Å². The van der Waals surface area contributed by atoms with E-state index in [0.717, 1.165) is 44.5 Å². The van der Waals surface area contributed by atoms with Crippen molar-refractivity contribution in [1.82, 2.24) is 14.7 Å². The summed E-state index contributed by atoms with van der Waals surface area (Å²) >= 11 is 0. The summed E-state index contributed by atoms with van der Waals surface area (Å²) in [6.45, 7) is 1.60. The average molecular weight is 310 g/mol. The van der Waals surface area contributed by atoms with Crippen molar-refractivity contribution in [3.05, 3.63) is 48.3 Å². The maximum atomic E-state index is 12.9. The molecule has 5 heteroatoms. The van der Waals surface area contributed by atoms with E-state index in [4.69, 9.17) is 5.73 Å². The van der Waals surface area contributed by atoms with Crippen LogP contribution in [-0.4, -0.2) is 39.2 Å². The van der Waals surface area contributed by atoms with Crippen LogP contribution in [0.1, 0.15) is 36.0 Å². The maximum Gasteiger partial charge on any atom is 0.256 e. The van der Waals surface area contributed by atoms with Gasteiger partial charge < -0.3 is 10.6 Å². The number of rotatable bonds is 3. The summed E-state index contributed by atoms with van der Waals surface area (Å²) < 4.78 is 1.75. The number of benzene rings is 1. The van der Waals surface area contributed by atoms with E-state index >= 15 is 0 Å². The number of piperidine rings is 1. The third kappa shape index (κ3) is 2.65. The summed E-state index contributed by atoms with van der Waals surface area (Å²) in [6.07, 6.45) is 7.92. The second-order valence-electron chi connectivity index (χ2n) is 6.77. The van der Waals surface area contributed by atoms with Crippen LogP contribution in [0.25, 0.3) is 5.69 Å². The molecule has 23 heavy (non-hydrogen) atoms. The first-order valence-electron chi connectivity index (χ1n) is 8.35. The smallest absolute Gasteiger partial charge is 0.256 e. The lowest BCUT2D eigenvalue weighted by Gasteiger charge is -2.35. The van der Waals surface area contributed by atoms with Gasteiger partial charge in [0.2, 0.25) is 0 Å². The zero-order valence-corrected chi connectivity index (χ0v) is 13.2. The van der Waals surface area contributed by atoms with E-state index in [1.807, 2.05) is 41.4 Å². The van der Waals surface area contributed by atoms with Crippen molar-refractivity contribution in [3.63, 3.8) is 0 Å². The van der Waals surface area contributed by atoms with Gasteiger partial charge in [-0.3, -0.25) is 4.79 Å². The normalized spacial score (nSPS) is 20.5. The molecule has 5 nitrogen and oxygen atoms in total. The van der Waals surface area contributed by atoms with Gasteiger partial charge in [-0.2, -0.15) is 5.10 Å². The molecule has 1 aliphatic carbocycles. The number of hydrogen-bond donors (Lipinski definition) is 1. The van der Waals surface area contributed by atoms with Crippen LogP contribution < -0.4 is 5.73 Å². The molecule has 0 bridgehead atoms. The van der Waals surface area contributed by atoms with Crippen molar-refractivity contribution >= 4 is 5.91 Å². The minimum absolute atomic E-state index is 0.0715. The molecule has 0 spiro atoms. The zero-order chi connectivity index (χ0) is 15.9. The van der Waals surface area contributed by atoms with Gasteiger partial charge in [0, 0.05) is 31.0 Å². The SMILES string of the molecule is NC1(C2CCN(C(=O)c3ccccc3-n3cccn3)CC2)CC1. The monoisotopic (exact) mass is 310 g/mol. The molecule has 1 saturated heterocycles. The van der Waals surface area contributed by atoms with Crippen molar-refractivity contribution in [1.29, 1.82) is 0 Å². The fraction of sp³-hybridized carbons (Fsp3) is 0.444. The quantitative estimate of drug-likeness (QED) is 0.945. The largest absolute Gasteiger partial charge is 0.339 e. The molecule has 4 rings (SSSR count). The fourth-order valence-electron chi connectivity index (χ4n) is 3.65. The number of para-hydroxylation sites is 1. The van der Waals surface area contributed by atoms with E-state index in [1.165, 1.54) is 0 Å². The molecule has 2 N–H and O–H groups in total. The van der Waals surface area contributed by atoms with E-state index in [9.17, 15) is 4.79 Å². The molecule has 0 unspecified atom stereocenters. The first-order valence-corrected chi connectivity index (χ1v) is 8.35. The number of amides is 1. The molecule has 1 aliphatic heterocycles. The fourth-order valence-corrected chi connectivity index (χ4v) is 3.65. The zero-order valence-electron chi connectivity index (χ0n) is 13.2. The van der Waals surface area contributed by atoms with Crippen LogP contribution >= 0.6 is 0 Å². The Morgan fingerprint density at radius 2 is 1.91 bits per heavy atom. The molecule has 0 atom stereocenters. The molecule has 2 aliphatic rings. The third-order valence-electron chi connectivity index (χ3n) is 5.31. The van der Waals surface area contributed by atoms with Crippen LogP contribution in [0.3, 0.4) is 0 Å². The van der Waals surface area contributed by atoms with Crippen LogP contribution in [0.15, 0.2) is 42.7 Å². The molecule has 1 amide bonds. The Kier molecular flexibility index (Phi) is 3.45.